The van der Waals surface area contributed by atoms with Gasteiger partial charge in [0.15, 0.2) is 0 Å². The van der Waals surface area contributed by atoms with Crippen molar-refractivity contribution < 1.29 is 4.79 Å². The van der Waals surface area contributed by atoms with Crippen LogP contribution in [0.3, 0.4) is 0 Å². The molecule has 0 radical (unpaired) electrons. The smallest absolute Gasteiger partial charge is 0.246 e. The Morgan fingerprint density at radius 1 is 0.950 bits per heavy atom. The number of para-hydroxylation sites is 1. The van der Waals surface area contributed by atoms with Crippen molar-refractivity contribution in [1.82, 2.24) is 0 Å². The van der Waals surface area contributed by atoms with Gasteiger partial charge in [0, 0.05) is 10.7 Å². The molecular formula is C14H9Cl4NO. The van der Waals surface area contributed by atoms with Gasteiger partial charge >= 0.3 is 0 Å². The van der Waals surface area contributed by atoms with Crippen molar-refractivity contribution in [3.8, 4) is 0 Å². The maximum absolute atomic E-state index is 12.1. The van der Waals surface area contributed by atoms with Gasteiger partial charge in [0.25, 0.3) is 0 Å². The Kier molecular flexibility index (Phi) is 5.17. The van der Waals surface area contributed by atoms with Gasteiger partial charge < -0.3 is 0 Å². The first kappa shape index (κ1) is 15.5. The highest BCUT2D eigenvalue weighted by Gasteiger charge is 2.22. The van der Waals surface area contributed by atoms with E-state index in [1.165, 1.54) is 4.90 Å². The molecule has 2 aromatic rings. The van der Waals surface area contributed by atoms with E-state index in [4.69, 9.17) is 46.4 Å². The van der Waals surface area contributed by atoms with Crippen molar-refractivity contribution in [3.63, 3.8) is 0 Å². The molecule has 6 heteroatoms. The molecule has 0 aromatic heterocycles. The second-order valence-corrected chi connectivity index (χ2v) is 5.43. The zero-order valence-corrected chi connectivity index (χ0v) is 13.1. The maximum Gasteiger partial charge on any atom is 0.246 e. The Labute approximate surface area is 136 Å². The Hall–Kier alpha value is -0.930. The van der Waals surface area contributed by atoms with E-state index < -0.39 is 0 Å². The standard InChI is InChI=1S/C14H9Cl4NO/c15-8-13(20)19(10-6-4-9(16)5-7-10)14-11(17)2-1-3-12(14)18/h1-7H,8H2. The van der Waals surface area contributed by atoms with Crippen molar-refractivity contribution in [3.05, 3.63) is 57.5 Å². The first-order valence-electron chi connectivity index (χ1n) is 5.63. The fraction of sp³-hybridized carbons (Fsp3) is 0.0714. The monoisotopic (exact) mass is 347 g/mol. The topological polar surface area (TPSA) is 20.3 Å². The van der Waals surface area contributed by atoms with Crippen molar-refractivity contribution in [2.75, 3.05) is 10.8 Å². The van der Waals surface area contributed by atoms with E-state index in [-0.39, 0.29) is 11.8 Å². The fourth-order valence-corrected chi connectivity index (χ4v) is 2.56. The highest BCUT2D eigenvalue weighted by Crippen LogP contribution is 2.38. The molecule has 0 spiro atoms. The van der Waals surface area contributed by atoms with Crippen LogP contribution in [0.4, 0.5) is 11.4 Å². The molecule has 20 heavy (non-hydrogen) atoms. The normalized spacial score (nSPS) is 10.4. The number of nitrogens with zero attached hydrogens (tertiary/aromatic N) is 1. The molecule has 0 bridgehead atoms. The Bertz CT molecular complexity index is 607. The molecular weight excluding hydrogens is 340 g/mol. The average molecular weight is 349 g/mol. The average Bonchev–Trinajstić information content (AvgIpc) is 2.44. The Morgan fingerprint density at radius 3 is 2.00 bits per heavy atom. The maximum atomic E-state index is 12.1. The number of hydrogen-bond donors (Lipinski definition) is 0. The minimum absolute atomic E-state index is 0.190. The second-order valence-electron chi connectivity index (χ2n) is 3.91. The zero-order chi connectivity index (χ0) is 14.7. The summed E-state index contributed by atoms with van der Waals surface area (Å²) in [5.41, 5.74) is 0.999. The van der Waals surface area contributed by atoms with Crippen LogP contribution < -0.4 is 4.90 Å². The summed E-state index contributed by atoms with van der Waals surface area (Å²) < 4.78 is 0. The molecule has 0 saturated carbocycles. The third-order valence-electron chi connectivity index (χ3n) is 2.61. The van der Waals surface area contributed by atoms with Crippen LogP contribution in [-0.4, -0.2) is 11.8 Å². The molecule has 0 fully saturated rings. The highest BCUT2D eigenvalue weighted by molar-refractivity contribution is 6.41. The van der Waals surface area contributed by atoms with Gasteiger partial charge in [-0.1, -0.05) is 40.9 Å². The lowest BCUT2D eigenvalue weighted by Crippen LogP contribution is -2.27. The summed E-state index contributed by atoms with van der Waals surface area (Å²) in [6, 6.07) is 11.8. The third-order valence-corrected chi connectivity index (χ3v) is 3.70. The third kappa shape index (κ3) is 3.21. The Morgan fingerprint density at radius 2 is 1.50 bits per heavy atom. The molecule has 0 saturated heterocycles. The van der Waals surface area contributed by atoms with Crippen LogP contribution in [0.25, 0.3) is 0 Å². The van der Waals surface area contributed by atoms with Crippen LogP contribution in [0.5, 0.6) is 0 Å². The summed E-state index contributed by atoms with van der Waals surface area (Å²) in [6.45, 7) is 0. The summed E-state index contributed by atoms with van der Waals surface area (Å²) in [4.78, 5) is 13.5. The predicted octanol–water partition coefficient (Wildman–Crippen LogP) is 5.55. The van der Waals surface area contributed by atoms with Gasteiger partial charge in [0.05, 0.1) is 15.7 Å². The lowest BCUT2D eigenvalue weighted by Gasteiger charge is -2.24. The summed E-state index contributed by atoms with van der Waals surface area (Å²) in [6.07, 6.45) is 0. The van der Waals surface area contributed by atoms with Gasteiger partial charge in [0.2, 0.25) is 5.91 Å². The van der Waals surface area contributed by atoms with Crippen LogP contribution in [-0.2, 0) is 4.79 Å². The van der Waals surface area contributed by atoms with E-state index in [0.29, 0.717) is 26.4 Å². The van der Waals surface area contributed by atoms with Crippen LogP contribution in [0.1, 0.15) is 0 Å². The van der Waals surface area contributed by atoms with Gasteiger partial charge in [-0.25, -0.2) is 0 Å². The van der Waals surface area contributed by atoms with Gasteiger partial charge in [0.1, 0.15) is 5.88 Å². The van der Waals surface area contributed by atoms with Crippen molar-refractivity contribution >= 4 is 63.7 Å². The van der Waals surface area contributed by atoms with Crippen LogP contribution in [0, 0.1) is 0 Å². The zero-order valence-electron chi connectivity index (χ0n) is 10.1. The molecule has 0 unspecified atom stereocenters. The number of benzene rings is 2. The summed E-state index contributed by atoms with van der Waals surface area (Å²) in [5.74, 6) is -0.520. The fourth-order valence-electron chi connectivity index (χ4n) is 1.75. The van der Waals surface area contributed by atoms with Crippen LogP contribution >= 0.6 is 46.4 Å². The number of carbonyl (C=O) groups excluding carboxylic acids is 1. The first-order valence-corrected chi connectivity index (χ1v) is 7.30. The van der Waals surface area contributed by atoms with Crippen LogP contribution in [0.2, 0.25) is 15.1 Å². The molecule has 0 aliphatic rings. The van der Waals surface area contributed by atoms with E-state index in [9.17, 15) is 4.79 Å². The lowest BCUT2D eigenvalue weighted by atomic mass is 10.2. The molecule has 0 atom stereocenters. The number of alkyl halides is 1. The molecule has 2 aromatic carbocycles. The number of hydrogen-bond acceptors (Lipinski definition) is 1. The first-order chi connectivity index (χ1) is 9.54. The molecule has 104 valence electrons. The van der Waals surface area contributed by atoms with Gasteiger partial charge in [-0.2, -0.15) is 0 Å². The molecule has 0 heterocycles. The van der Waals surface area contributed by atoms with Crippen molar-refractivity contribution in [2.45, 2.75) is 0 Å². The number of halogens is 4. The van der Waals surface area contributed by atoms with Crippen molar-refractivity contribution in [2.24, 2.45) is 0 Å². The summed E-state index contributed by atoms with van der Waals surface area (Å²) in [5, 5.41) is 1.30. The largest absolute Gasteiger partial charge is 0.277 e. The van der Waals surface area contributed by atoms with Crippen LogP contribution in [0.15, 0.2) is 42.5 Å². The van der Waals surface area contributed by atoms with E-state index >= 15 is 0 Å². The second kappa shape index (κ2) is 6.68. The van der Waals surface area contributed by atoms with E-state index in [1.54, 1.807) is 42.5 Å². The Balaban J connectivity index is 2.59. The van der Waals surface area contributed by atoms with E-state index in [2.05, 4.69) is 0 Å². The predicted molar refractivity (Wildman–Crippen MR) is 85.8 cm³/mol. The minimum atomic E-state index is -0.330. The van der Waals surface area contributed by atoms with E-state index in [1.807, 2.05) is 0 Å². The van der Waals surface area contributed by atoms with Gasteiger partial charge in [-0.3, -0.25) is 9.69 Å². The number of anilines is 2. The molecule has 2 nitrogen and oxygen atoms in total. The highest BCUT2D eigenvalue weighted by atomic mass is 35.5. The SMILES string of the molecule is O=C(CCl)N(c1ccc(Cl)cc1)c1c(Cl)cccc1Cl. The van der Waals surface area contributed by atoms with Gasteiger partial charge in [-0.05, 0) is 36.4 Å². The molecule has 0 aliphatic carbocycles. The molecule has 2 rings (SSSR count). The summed E-state index contributed by atoms with van der Waals surface area (Å²) in [7, 11) is 0. The lowest BCUT2D eigenvalue weighted by molar-refractivity contribution is -0.115. The number of carbonyl (C=O) groups is 1. The molecule has 1 amide bonds. The minimum Gasteiger partial charge on any atom is -0.277 e. The quantitative estimate of drug-likeness (QED) is 0.666. The molecule has 0 N–H and O–H groups in total. The van der Waals surface area contributed by atoms with Crippen molar-refractivity contribution in [1.29, 1.82) is 0 Å². The number of rotatable bonds is 3. The van der Waals surface area contributed by atoms with E-state index in [0.717, 1.165) is 0 Å². The molecule has 0 aliphatic heterocycles. The van der Waals surface area contributed by atoms with Gasteiger partial charge in [-0.15, -0.1) is 11.6 Å². The summed E-state index contributed by atoms with van der Waals surface area (Å²) >= 11 is 23.9. The number of amides is 1.